The Balaban J connectivity index is 2.58. The van der Waals surface area contributed by atoms with Crippen molar-refractivity contribution in [3.63, 3.8) is 0 Å². The van der Waals surface area contributed by atoms with Crippen molar-refractivity contribution in [3.05, 3.63) is 0 Å². The Hall–Kier alpha value is -3.95. The Bertz CT molecular complexity index is 1310. The van der Waals surface area contributed by atoms with E-state index >= 15 is 0 Å². The summed E-state index contributed by atoms with van der Waals surface area (Å²) >= 11 is 0. The van der Waals surface area contributed by atoms with Gasteiger partial charge in [-0.2, -0.15) is 0 Å². The van der Waals surface area contributed by atoms with Gasteiger partial charge < -0.3 is 61.9 Å². The van der Waals surface area contributed by atoms with Crippen molar-refractivity contribution in [2.45, 2.75) is 123 Å². The van der Waals surface area contributed by atoms with Crippen molar-refractivity contribution in [1.29, 1.82) is 0 Å². The monoisotopic (exact) mass is 792 g/mol. The van der Waals surface area contributed by atoms with Gasteiger partial charge in [-0.05, 0) is 47.1 Å². The number of nitrogens with zero attached hydrogens (tertiary/aromatic N) is 2. The average molecular weight is 793 g/mol. The maximum absolute atomic E-state index is 12.6. The van der Waals surface area contributed by atoms with Gasteiger partial charge in [0.2, 0.25) is 0 Å². The zero-order valence-corrected chi connectivity index (χ0v) is 33.2. The number of esters is 7. The molecule has 20 heteroatoms. The summed E-state index contributed by atoms with van der Waals surface area (Å²) in [6, 6.07) is 0. The molecule has 2 fully saturated rings. The molecule has 0 bridgehead atoms. The summed E-state index contributed by atoms with van der Waals surface area (Å²) in [6.45, 7) is 9.08. The quantitative estimate of drug-likeness (QED) is 0.0890. The molecule has 0 spiro atoms. The first-order valence-electron chi connectivity index (χ1n) is 17.8. The highest BCUT2D eigenvalue weighted by Crippen LogP contribution is 2.35. The molecule has 0 aromatic heterocycles. The summed E-state index contributed by atoms with van der Waals surface area (Å²) in [6.07, 6.45) is -13.7. The third-order valence-corrected chi connectivity index (χ3v) is 8.00. The largest absolute Gasteiger partial charge is 0.463 e. The first kappa shape index (κ1) is 47.2. The van der Waals surface area contributed by atoms with Crippen molar-refractivity contribution in [1.82, 2.24) is 9.80 Å². The van der Waals surface area contributed by atoms with Crippen molar-refractivity contribution < 1.29 is 85.7 Å². The van der Waals surface area contributed by atoms with E-state index in [1.807, 2.05) is 21.1 Å². The van der Waals surface area contributed by atoms with Gasteiger partial charge in [0, 0.05) is 55.0 Å². The Morgan fingerprint density at radius 3 is 1.35 bits per heavy atom. The zero-order valence-electron chi connectivity index (χ0n) is 33.2. The number of rotatable bonds is 20. The van der Waals surface area contributed by atoms with Gasteiger partial charge in [-0.15, -0.1) is 0 Å². The summed E-state index contributed by atoms with van der Waals surface area (Å²) < 4.78 is 62.8. The minimum Gasteiger partial charge on any atom is -0.463 e. The molecule has 2 rings (SSSR count). The minimum absolute atomic E-state index is 0.110. The van der Waals surface area contributed by atoms with E-state index in [0.29, 0.717) is 13.0 Å². The fourth-order valence-corrected chi connectivity index (χ4v) is 5.91. The van der Waals surface area contributed by atoms with Crippen molar-refractivity contribution >= 4 is 41.8 Å². The Kier molecular flexibility index (Phi) is 19.9. The predicted molar refractivity (Wildman–Crippen MR) is 184 cm³/mol. The molecule has 0 saturated carbocycles. The van der Waals surface area contributed by atoms with E-state index in [9.17, 15) is 33.6 Å². The maximum atomic E-state index is 12.6. The minimum atomic E-state index is -1.77. The molecule has 2 aliphatic heterocycles. The fraction of sp³-hybridized carbons (Fsp3) is 0.800. The van der Waals surface area contributed by atoms with Gasteiger partial charge >= 0.3 is 41.8 Å². The number of ether oxygens (including phenoxy) is 11. The SMILES string of the molecule is CC(=O)OCC1OC(OC2C(COC(C)=O)OC(OCCCN(C)CCCN(C)C)C(OC(C)=O)C2OC(C)=O)C(OC(C)=O)C(OC(C)=O)C1OC(C)=O. The average Bonchev–Trinajstić information content (AvgIpc) is 3.05. The van der Waals surface area contributed by atoms with Crippen LogP contribution in [0.5, 0.6) is 0 Å². The van der Waals surface area contributed by atoms with Crippen LogP contribution in [-0.2, 0) is 85.7 Å². The molecule has 2 aliphatic rings. The van der Waals surface area contributed by atoms with Crippen LogP contribution in [0.4, 0.5) is 0 Å². The van der Waals surface area contributed by atoms with Gasteiger partial charge in [-0.25, -0.2) is 0 Å². The zero-order chi connectivity index (χ0) is 41.4. The standard InChI is InChI=1S/C35H56N2O18/c1-19(38)46-17-26-28(48-21(3)40)30(49-22(4)41)33(52-25(7)44)35(54-26)55-29-27(18-47-20(2)39)53-34(32(51-24(6)43)31(29)50-23(5)42)45-16-12-15-37(10)14-11-13-36(8)9/h26-35H,11-18H2,1-10H3. The van der Waals surface area contributed by atoms with Crippen LogP contribution in [-0.4, -0.2) is 174 Å². The fourth-order valence-electron chi connectivity index (χ4n) is 5.91. The molecule has 0 aliphatic carbocycles. The second-order valence-electron chi connectivity index (χ2n) is 13.3. The van der Waals surface area contributed by atoms with Crippen LogP contribution in [0.2, 0.25) is 0 Å². The molecule has 55 heavy (non-hydrogen) atoms. The molecule has 0 N–H and O–H groups in total. The van der Waals surface area contributed by atoms with Crippen LogP contribution < -0.4 is 0 Å². The molecule has 20 nitrogen and oxygen atoms in total. The van der Waals surface area contributed by atoms with Gasteiger partial charge in [0.05, 0.1) is 6.61 Å². The number of hydrogen-bond donors (Lipinski definition) is 0. The lowest BCUT2D eigenvalue weighted by molar-refractivity contribution is -0.361. The normalized spacial score (nSPS) is 27.8. The molecule has 0 aromatic rings. The predicted octanol–water partition coefficient (Wildman–Crippen LogP) is -0.104. The molecule has 314 valence electrons. The Morgan fingerprint density at radius 1 is 0.473 bits per heavy atom. The molecule has 10 unspecified atom stereocenters. The summed E-state index contributed by atoms with van der Waals surface area (Å²) in [4.78, 5) is 90.1. The van der Waals surface area contributed by atoms with E-state index < -0.39 is 116 Å². The van der Waals surface area contributed by atoms with Crippen LogP contribution in [0.25, 0.3) is 0 Å². The first-order chi connectivity index (χ1) is 25.8. The lowest BCUT2D eigenvalue weighted by atomic mass is 9.96. The highest BCUT2D eigenvalue weighted by atomic mass is 16.8. The van der Waals surface area contributed by atoms with E-state index in [-0.39, 0.29) is 6.61 Å². The van der Waals surface area contributed by atoms with Crippen LogP contribution in [0, 0.1) is 0 Å². The molecule has 10 atom stereocenters. The molecule has 2 heterocycles. The second-order valence-corrected chi connectivity index (χ2v) is 13.3. The van der Waals surface area contributed by atoms with Gasteiger partial charge in [0.1, 0.15) is 31.5 Å². The second kappa shape index (κ2) is 23.2. The van der Waals surface area contributed by atoms with Gasteiger partial charge in [-0.3, -0.25) is 33.6 Å². The molecule has 2 saturated heterocycles. The third-order valence-electron chi connectivity index (χ3n) is 8.00. The highest BCUT2D eigenvalue weighted by molar-refractivity contribution is 5.69. The molecular formula is C35H56N2O18. The van der Waals surface area contributed by atoms with Crippen molar-refractivity contribution in [2.24, 2.45) is 0 Å². The third kappa shape index (κ3) is 16.8. The highest BCUT2D eigenvalue weighted by Gasteiger charge is 2.57. The Labute approximate surface area is 320 Å². The molecule has 0 radical (unpaired) electrons. The number of hydrogen-bond acceptors (Lipinski definition) is 20. The first-order valence-corrected chi connectivity index (χ1v) is 17.8. The van der Waals surface area contributed by atoms with Gasteiger partial charge in [0.25, 0.3) is 0 Å². The van der Waals surface area contributed by atoms with Crippen LogP contribution in [0.1, 0.15) is 61.3 Å². The van der Waals surface area contributed by atoms with Crippen LogP contribution in [0.3, 0.4) is 0 Å². The van der Waals surface area contributed by atoms with Crippen LogP contribution >= 0.6 is 0 Å². The van der Waals surface area contributed by atoms with Crippen molar-refractivity contribution in [2.75, 3.05) is 60.6 Å². The number of carbonyl (C=O) groups is 7. The van der Waals surface area contributed by atoms with E-state index in [4.69, 9.17) is 52.1 Å². The van der Waals surface area contributed by atoms with E-state index in [1.165, 1.54) is 0 Å². The summed E-state index contributed by atoms with van der Waals surface area (Å²) in [5, 5.41) is 0. The smallest absolute Gasteiger partial charge is 0.303 e. The van der Waals surface area contributed by atoms with Crippen LogP contribution in [0.15, 0.2) is 0 Å². The molecular weight excluding hydrogens is 736 g/mol. The maximum Gasteiger partial charge on any atom is 0.303 e. The van der Waals surface area contributed by atoms with E-state index in [1.54, 1.807) is 0 Å². The number of carbonyl (C=O) groups excluding carboxylic acids is 7. The van der Waals surface area contributed by atoms with E-state index in [0.717, 1.165) is 68.0 Å². The van der Waals surface area contributed by atoms with Crippen molar-refractivity contribution in [3.8, 4) is 0 Å². The Morgan fingerprint density at radius 2 is 0.873 bits per heavy atom. The molecule has 0 aromatic carbocycles. The van der Waals surface area contributed by atoms with Gasteiger partial charge in [-0.1, -0.05) is 0 Å². The lowest BCUT2D eigenvalue weighted by Gasteiger charge is -2.48. The van der Waals surface area contributed by atoms with E-state index in [2.05, 4.69) is 9.80 Å². The summed E-state index contributed by atoms with van der Waals surface area (Å²) in [7, 11) is 5.96. The molecule has 0 amide bonds. The lowest BCUT2D eigenvalue weighted by Crippen LogP contribution is -2.67. The summed E-state index contributed by atoms with van der Waals surface area (Å²) in [5.74, 6) is -5.72. The summed E-state index contributed by atoms with van der Waals surface area (Å²) in [5.41, 5.74) is 0. The van der Waals surface area contributed by atoms with Gasteiger partial charge in [0.15, 0.2) is 43.1 Å². The topological polar surface area (TPSA) is 227 Å².